The lowest BCUT2D eigenvalue weighted by atomic mass is 9.71. The number of ketones is 1. The van der Waals surface area contributed by atoms with Gasteiger partial charge < -0.3 is 10.2 Å². The molecule has 0 aromatic heterocycles. The molecule has 22 heavy (non-hydrogen) atoms. The lowest BCUT2D eigenvalue weighted by Gasteiger charge is -2.49. The minimum absolute atomic E-state index is 0.284. The van der Waals surface area contributed by atoms with Crippen LogP contribution in [-0.4, -0.2) is 63.2 Å². The Labute approximate surface area is 130 Å². The van der Waals surface area contributed by atoms with Crippen molar-refractivity contribution in [2.24, 2.45) is 10.8 Å². The number of amides is 2. The Morgan fingerprint density at radius 2 is 1.14 bits per heavy atom. The number of hydrogen-bond donors (Lipinski definition) is 2. The number of hydrogen-bond acceptors (Lipinski definition) is 3. The molecule has 2 N–H and O–H groups in total. The second kappa shape index (κ2) is 5.78. The maximum atomic E-state index is 12.0. The second-order valence-corrected chi connectivity index (χ2v) is 7.98. The lowest BCUT2D eigenvalue weighted by Crippen LogP contribution is -2.62. The monoisotopic (exact) mass is 314 g/mol. The molecular formula is C15H26N2O5. The van der Waals surface area contributed by atoms with Gasteiger partial charge in [0.15, 0.2) is 5.78 Å². The molecule has 2 amide bonds. The molecule has 1 saturated heterocycles. The fourth-order valence-electron chi connectivity index (χ4n) is 3.22. The number of carboxylic acid groups (broad SMARTS) is 2. The number of carbonyl (C=O) groups excluding carboxylic acids is 1. The van der Waals surface area contributed by atoms with Gasteiger partial charge in [0.25, 0.3) is 0 Å². The molecule has 0 radical (unpaired) electrons. The van der Waals surface area contributed by atoms with Gasteiger partial charge in [0.05, 0.1) is 25.2 Å². The maximum absolute atomic E-state index is 12.0. The first-order chi connectivity index (χ1) is 9.76. The Morgan fingerprint density at radius 1 is 0.864 bits per heavy atom. The Balaban J connectivity index is 3.55. The van der Waals surface area contributed by atoms with Gasteiger partial charge in [0, 0.05) is 0 Å². The molecule has 0 saturated carbocycles. The summed E-state index contributed by atoms with van der Waals surface area (Å²) in [7, 11) is 0. The van der Waals surface area contributed by atoms with Gasteiger partial charge in [-0.05, 0) is 10.8 Å². The molecule has 2 atom stereocenters. The van der Waals surface area contributed by atoms with Crippen LogP contribution in [0.1, 0.15) is 41.5 Å². The summed E-state index contributed by atoms with van der Waals surface area (Å²) in [5.41, 5.74) is -1.04. The average molecular weight is 314 g/mol. The standard InChI is InChI=1S/C15H26N2O5/c1-14(2,3)10-11(15(4,5)6)17(13(21)22)8-9(18)7-16(10)12(19)20/h10-11H,7-8H2,1-6H3,(H,19,20)(H,21,22). The quantitative estimate of drug-likeness (QED) is 0.715. The van der Waals surface area contributed by atoms with Crippen LogP contribution in [0.4, 0.5) is 9.59 Å². The van der Waals surface area contributed by atoms with Crippen molar-refractivity contribution in [2.75, 3.05) is 13.1 Å². The molecule has 2 unspecified atom stereocenters. The van der Waals surface area contributed by atoms with Crippen LogP contribution in [0.5, 0.6) is 0 Å². The van der Waals surface area contributed by atoms with E-state index in [0.29, 0.717) is 0 Å². The first kappa shape index (κ1) is 18.3. The first-order valence-electron chi connectivity index (χ1n) is 7.27. The Bertz CT molecular complexity index is 433. The SMILES string of the molecule is CC(C)(C)C1C(C(C)(C)C)N(C(=O)O)CC(=O)CN1C(=O)O. The van der Waals surface area contributed by atoms with E-state index in [0.717, 1.165) is 9.80 Å². The summed E-state index contributed by atoms with van der Waals surface area (Å²) in [6.45, 7) is 10.6. The van der Waals surface area contributed by atoms with Crippen molar-refractivity contribution in [3.63, 3.8) is 0 Å². The van der Waals surface area contributed by atoms with Crippen molar-refractivity contribution in [3.05, 3.63) is 0 Å². The lowest BCUT2D eigenvalue weighted by molar-refractivity contribution is -0.120. The van der Waals surface area contributed by atoms with Crippen LogP contribution < -0.4 is 0 Å². The third kappa shape index (κ3) is 3.69. The highest BCUT2D eigenvalue weighted by molar-refractivity contribution is 5.88. The van der Waals surface area contributed by atoms with Crippen molar-refractivity contribution in [2.45, 2.75) is 53.6 Å². The van der Waals surface area contributed by atoms with Gasteiger partial charge >= 0.3 is 12.2 Å². The van der Waals surface area contributed by atoms with Crippen molar-refractivity contribution in [1.82, 2.24) is 9.80 Å². The molecule has 1 aliphatic heterocycles. The van der Waals surface area contributed by atoms with Crippen LogP contribution in [0.25, 0.3) is 0 Å². The van der Waals surface area contributed by atoms with Gasteiger partial charge in [-0.3, -0.25) is 14.6 Å². The largest absolute Gasteiger partial charge is 0.465 e. The molecule has 7 nitrogen and oxygen atoms in total. The topological polar surface area (TPSA) is 98.2 Å². The summed E-state index contributed by atoms with van der Waals surface area (Å²) in [5, 5.41) is 19.1. The smallest absolute Gasteiger partial charge is 0.408 e. The highest BCUT2D eigenvalue weighted by Crippen LogP contribution is 2.39. The third-order valence-electron chi connectivity index (χ3n) is 3.93. The minimum Gasteiger partial charge on any atom is -0.465 e. The van der Waals surface area contributed by atoms with E-state index in [9.17, 15) is 24.6 Å². The molecule has 0 aromatic carbocycles. The fraction of sp³-hybridized carbons (Fsp3) is 0.800. The van der Waals surface area contributed by atoms with E-state index in [2.05, 4.69) is 0 Å². The molecule has 1 heterocycles. The van der Waals surface area contributed by atoms with Gasteiger partial charge in [0.1, 0.15) is 0 Å². The van der Waals surface area contributed by atoms with Crippen molar-refractivity contribution >= 4 is 18.0 Å². The molecular weight excluding hydrogens is 288 g/mol. The zero-order valence-electron chi connectivity index (χ0n) is 14.1. The molecule has 1 aliphatic rings. The van der Waals surface area contributed by atoms with E-state index in [1.54, 1.807) is 0 Å². The van der Waals surface area contributed by atoms with E-state index in [1.807, 2.05) is 41.5 Å². The van der Waals surface area contributed by atoms with E-state index >= 15 is 0 Å². The summed E-state index contributed by atoms with van der Waals surface area (Å²) in [6.07, 6.45) is -2.40. The van der Waals surface area contributed by atoms with Crippen molar-refractivity contribution in [3.8, 4) is 0 Å². The molecule has 7 heteroatoms. The van der Waals surface area contributed by atoms with Crippen LogP contribution in [-0.2, 0) is 4.79 Å². The Morgan fingerprint density at radius 3 is 1.32 bits per heavy atom. The molecule has 0 spiro atoms. The van der Waals surface area contributed by atoms with Crippen LogP contribution in [0.3, 0.4) is 0 Å². The van der Waals surface area contributed by atoms with Gasteiger partial charge in [-0.1, -0.05) is 41.5 Å². The van der Waals surface area contributed by atoms with E-state index in [-0.39, 0.29) is 13.1 Å². The molecule has 0 bridgehead atoms. The number of carbonyl (C=O) groups is 3. The normalized spacial score (nSPS) is 24.2. The molecule has 0 aromatic rings. The van der Waals surface area contributed by atoms with Crippen LogP contribution in [0.15, 0.2) is 0 Å². The Hall–Kier alpha value is -1.79. The summed E-state index contributed by atoms with van der Waals surface area (Å²) in [4.78, 5) is 37.6. The Kier molecular flexibility index (Phi) is 4.79. The molecule has 1 rings (SSSR count). The van der Waals surface area contributed by atoms with Crippen molar-refractivity contribution < 1.29 is 24.6 Å². The van der Waals surface area contributed by atoms with Gasteiger partial charge in [-0.2, -0.15) is 0 Å². The summed E-state index contributed by atoms with van der Waals surface area (Å²) in [6, 6.07) is -1.24. The van der Waals surface area contributed by atoms with Gasteiger partial charge in [0.2, 0.25) is 0 Å². The summed E-state index contributed by atoms with van der Waals surface area (Å²) < 4.78 is 0. The number of nitrogens with zero attached hydrogens (tertiary/aromatic N) is 2. The number of Topliss-reactive ketones (excluding diaryl/α,β-unsaturated/α-hetero) is 1. The summed E-state index contributed by atoms with van der Waals surface area (Å²) in [5.74, 6) is -0.411. The van der Waals surface area contributed by atoms with Gasteiger partial charge in [-0.15, -0.1) is 0 Å². The van der Waals surface area contributed by atoms with Gasteiger partial charge in [-0.25, -0.2) is 9.59 Å². The molecule has 1 fully saturated rings. The maximum Gasteiger partial charge on any atom is 0.408 e. The fourth-order valence-corrected chi connectivity index (χ4v) is 3.22. The summed E-state index contributed by atoms with van der Waals surface area (Å²) >= 11 is 0. The average Bonchev–Trinajstić information content (AvgIpc) is 2.43. The highest BCUT2D eigenvalue weighted by atomic mass is 16.4. The van der Waals surface area contributed by atoms with Crippen LogP contribution in [0.2, 0.25) is 0 Å². The third-order valence-corrected chi connectivity index (χ3v) is 3.93. The number of rotatable bonds is 0. The molecule has 0 aliphatic carbocycles. The predicted molar refractivity (Wildman–Crippen MR) is 81.0 cm³/mol. The van der Waals surface area contributed by atoms with Crippen LogP contribution >= 0.6 is 0 Å². The second-order valence-electron chi connectivity index (χ2n) is 7.98. The highest BCUT2D eigenvalue weighted by Gasteiger charge is 2.51. The minimum atomic E-state index is -1.20. The van der Waals surface area contributed by atoms with E-state index < -0.39 is 40.9 Å². The zero-order chi connectivity index (χ0) is 17.5. The van der Waals surface area contributed by atoms with Crippen LogP contribution in [0, 0.1) is 10.8 Å². The molecule has 126 valence electrons. The van der Waals surface area contributed by atoms with E-state index in [4.69, 9.17) is 0 Å². The van der Waals surface area contributed by atoms with E-state index in [1.165, 1.54) is 0 Å². The predicted octanol–water partition coefficient (Wildman–Crippen LogP) is 2.36. The van der Waals surface area contributed by atoms with Crippen molar-refractivity contribution in [1.29, 1.82) is 0 Å². The zero-order valence-corrected chi connectivity index (χ0v) is 14.1. The first-order valence-corrected chi connectivity index (χ1v) is 7.27.